The van der Waals surface area contributed by atoms with Crippen molar-refractivity contribution in [2.24, 2.45) is 5.92 Å². The molecule has 174 valence electrons. The van der Waals surface area contributed by atoms with Crippen LogP contribution in [-0.4, -0.2) is 48.3 Å². The Morgan fingerprint density at radius 1 is 1.15 bits per heavy atom. The second kappa shape index (κ2) is 8.90. The molecular weight excluding hydrogens is 478 g/mol. The summed E-state index contributed by atoms with van der Waals surface area (Å²) in [6.07, 6.45) is 5.23. The number of rotatable bonds is 6. The Bertz CT molecular complexity index is 1170. The molecular formula is C23H25N3O4S3. The fourth-order valence-electron chi connectivity index (χ4n) is 4.73. The van der Waals surface area contributed by atoms with Crippen LogP contribution in [0.15, 0.2) is 47.9 Å². The van der Waals surface area contributed by atoms with E-state index in [0.29, 0.717) is 23.7 Å². The van der Waals surface area contributed by atoms with Crippen molar-refractivity contribution in [2.75, 3.05) is 18.4 Å². The molecule has 2 fully saturated rings. The van der Waals surface area contributed by atoms with Gasteiger partial charge in [-0.25, -0.2) is 8.42 Å². The van der Waals surface area contributed by atoms with Gasteiger partial charge < -0.3 is 10.6 Å². The van der Waals surface area contributed by atoms with Crippen LogP contribution in [0.5, 0.6) is 0 Å². The highest BCUT2D eigenvalue weighted by Gasteiger charge is 2.45. The number of aryl methyl sites for hydroxylation is 2. The molecule has 1 aromatic carbocycles. The number of amides is 2. The number of hydrogen-bond donors (Lipinski definition) is 2. The van der Waals surface area contributed by atoms with Crippen LogP contribution in [0.1, 0.15) is 33.0 Å². The van der Waals surface area contributed by atoms with Gasteiger partial charge in [0.05, 0.1) is 15.1 Å². The Morgan fingerprint density at radius 3 is 2.64 bits per heavy atom. The molecule has 3 unspecified atom stereocenters. The Hall–Kier alpha value is -2.14. The average Bonchev–Trinajstić information content (AvgIpc) is 3.54. The van der Waals surface area contributed by atoms with Crippen molar-refractivity contribution in [2.45, 2.75) is 41.2 Å². The third-order valence-corrected chi connectivity index (χ3v) is 11.0. The summed E-state index contributed by atoms with van der Waals surface area (Å²) in [7, 11) is -3.62. The van der Waals surface area contributed by atoms with Gasteiger partial charge in [0.1, 0.15) is 0 Å². The quantitative estimate of drug-likeness (QED) is 0.590. The van der Waals surface area contributed by atoms with Crippen molar-refractivity contribution in [3.8, 4) is 0 Å². The zero-order valence-electron chi connectivity index (χ0n) is 18.0. The summed E-state index contributed by atoms with van der Waals surface area (Å²) in [5.41, 5.74) is 1.84. The van der Waals surface area contributed by atoms with E-state index in [1.165, 1.54) is 20.8 Å². The summed E-state index contributed by atoms with van der Waals surface area (Å²) in [6.45, 7) is 4.35. The van der Waals surface area contributed by atoms with E-state index in [4.69, 9.17) is 0 Å². The van der Waals surface area contributed by atoms with Gasteiger partial charge in [-0.15, -0.1) is 23.1 Å². The first kappa shape index (κ1) is 22.6. The number of thiophene rings is 1. The van der Waals surface area contributed by atoms with E-state index in [-0.39, 0.29) is 33.3 Å². The van der Waals surface area contributed by atoms with Crippen molar-refractivity contribution in [3.63, 3.8) is 0 Å². The molecule has 1 aliphatic carbocycles. The first-order valence-corrected chi connectivity index (χ1v) is 14.1. The number of nitrogens with zero attached hydrogens (tertiary/aromatic N) is 1. The molecule has 7 nitrogen and oxygen atoms in total. The zero-order chi connectivity index (χ0) is 23.2. The molecule has 2 saturated heterocycles. The fraction of sp³-hybridized carbons (Fsp3) is 0.391. The summed E-state index contributed by atoms with van der Waals surface area (Å²) in [4.78, 5) is 26.3. The van der Waals surface area contributed by atoms with E-state index < -0.39 is 10.0 Å². The van der Waals surface area contributed by atoms with Crippen molar-refractivity contribution >= 4 is 50.6 Å². The number of hydrogen-bond acceptors (Lipinski definition) is 6. The molecule has 2 aliphatic heterocycles. The van der Waals surface area contributed by atoms with E-state index in [9.17, 15) is 18.0 Å². The topological polar surface area (TPSA) is 95.6 Å². The minimum Gasteiger partial charge on any atom is -0.341 e. The van der Waals surface area contributed by atoms with Crippen molar-refractivity contribution < 1.29 is 18.0 Å². The van der Waals surface area contributed by atoms with E-state index in [1.54, 1.807) is 47.4 Å². The highest BCUT2D eigenvalue weighted by Crippen LogP contribution is 2.43. The SMILES string of the molecule is C=CC(=O)NC1CC2CN(S(=O)(=O)c3ccc(NC(=O)c4cc5c(s4)CCC5)cc3)CC2S1. The van der Waals surface area contributed by atoms with Crippen molar-refractivity contribution in [1.29, 1.82) is 0 Å². The first-order chi connectivity index (χ1) is 15.8. The van der Waals surface area contributed by atoms with E-state index in [0.717, 1.165) is 25.7 Å². The Morgan fingerprint density at radius 2 is 1.94 bits per heavy atom. The number of carbonyl (C=O) groups excluding carboxylic acids is 2. The summed E-state index contributed by atoms with van der Waals surface area (Å²) in [5.74, 6) is -0.148. The van der Waals surface area contributed by atoms with Crippen LogP contribution in [0.4, 0.5) is 5.69 Å². The average molecular weight is 504 g/mol. The minimum absolute atomic E-state index is 0.00256. The van der Waals surface area contributed by atoms with Crippen LogP contribution >= 0.6 is 23.1 Å². The minimum atomic E-state index is -3.62. The van der Waals surface area contributed by atoms with Crippen molar-refractivity contribution in [3.05, 3.63) is 58.3 Å². The smallest absolute Gasteiger partial charge is 0.265 e. The molecule has 2 aromatic rings. The molecule has 1 aromatic heterocycles. The van der Waals surface area contributed by atoms with Crippen LogP contribution in [-0.2, 0) is 27.7 Å². The predicted molar refractivity (Wildman–Crippen MR) is 131 cm³/mol. The zero-order valence-corrected chi connectivity index (χ0v) is 20.4. The lowest BCUT2D eigenvalue weighted by molar-refractivity contribution is -0.116. The van der Waals surface area contributed by atoms with Gasteiger partial charge in [0, 0.05) is 28.9 Å². The second-order valence-electron chi connectivity index (χ2n) is 8.58. The maximum Gasteiger partial charge on any atom is 0.265 e. The van der Waals surface area contributed by atoms with E-state index in [1.807, 2.05) is 6.07 Å². The number of nitrogens with one attached hydrogen (secondary N) is 2. The van der Waals surface area contributed by atoms with Crippen LogP contribution in [0.2, 0.25) is 0 Å². The van der Waals surface area contributed by atoms with Gasteiger partial charge in [0.15, 0.2) is 0 Å². The second-order valence-corrected chi connectivity index (χ2v) is 13.1. The van der Waals surface area contributed by atoms with E-state index >= 15 is 0 Å². The molecule has 0 bridgehead atoms. The summed E-state index contributed by atoms with van der Waals surface area (Å²) in [6, 6.07) is 8.34. The lowest BCUT2D eigenvalue weighted by Gasteiger charge is -2.19. The molecule has 0 radical (unpaired) electrons. The summed E-state index contributed by atoms with van der Waals surface area (Å²) >= 11 is 3.16. The maximum absolute atomic E-state index is 13.2. The maximum atomic E-state index is 13.2. The molecule has 2 amide bonds. The number of carbonyl (C=O) groups is 2. The van der Waals surface area contributed by atoms with Crippen LogP contribution < -0.4 is 10.6 Å². The van der Waals surface area contributed by atoms with Gasteiger partial charge in [-0.2, -0.15) is 4.31 Å². The number of benzene rings is 1. The lowest BCUT2D eigenvalue weighted by Crippen LogP contribution is -2.33. The Kier molecular flexibility index (Phi) is 6.11. The molecule has 33 heavy (non-hydrogen) atoms. The Balaban J connectivity index is 1.20. The van der Waals surface area contributed by atoms with Gasteiger partial charge in [-0.1, -0.05) is 6.58 Å². The molecule has 2 N–H and O–H groups in total. The molecule has 0 saturated carbocycles. The van der Waals surface area contributed by atoms with Gasteiger partial charge in [0.25, 0.3) is 5.91 Å². The predicted octanol–water partition coefficient (Wildman–Crippen LogP) is 3.24. The fourth-order valence-corrected chi connectivity index (χ4v) is 9.14. The Labute approximate surface area is 201 Å². The van der Waals surface area contributed by atoms with Gasteiger partial charge in [-0.05, 0) is 73.6 Å². The highest BCUT2D eigenvalue weighted by molar-refractivity contribution is 8.00. The molecule has 3 aliphatic rings. The molecule has 0 spiro atoms. The molecule has 10 heteroatoms. The molecule has 3 heterocycles. The number of anilines is 1. The van der Waals surface area contributed by atoms with E-state index in [2.05, 4.69) is 17.2 Å². The van der Waals surface area contributed by atoms with Crippen molar-refractivity contribution in [1.82, 2.24) is 9.62 Å². The standard InChI is InChI=1S/C23H25N3O4S3/c1-2-21(27)25-22-11-15-12-26(13-20(15)32-22)33(29,30)17-8-6-16(7-9-17)24-23(28)19-10-14-4-3-5-18(14)31-19/h2,6-10,15,20,22H,1,3-5,11-13H2,(H,24,28)(H,25,27). The molecule has 5 rings (SSSR count). The third-order valence-electron chi connectivity index (χ3n) is 6.41. The van der Waals surface area contributed by atoms with Crippen LogP contribution in [0.25, 0.3) is 0 Å². The first-order valence-electron chi connectivity index (χ1n) is 10.9. The summed E-state index contributed by atoms with van der Waals surface area (Å²) < 4.78 is 27.8. The molecule has 3 atom stereocenters. The van der Waals surface area contributed by atoms with Gasteiger partial charge in [-0.3, -0.25) is 9.59 Å². The number of sulfonamides is 1. The van der Waals surface area contributed by atoms with Crippen LogP contribution in [0, 0.1) is 5.92 Å². The number of thioether (sulfide) groups is 1. The normalized spacial score (nSPS) is 24.3. The van der Waals surface area contributed by atoms with Gasteiger partial charge in [0.2, 0.25) is 15.9 Å². The third kappa shape index (κ3) is 4.49. The monoisotopic (exact) mass is 503 g/mol. The lowest BCUT2D eigenvalue weighted by atomic mass is 10.1. The van der Waals surface area contributed by atoms with Gasteiger partial charge >= 0.3 is 0 Å². The summed E-state index contributed by atoms with van der Waals surface area (Å²) in [5, 5.41) is 5.93. The van der Waals surface area contributed by atoms with Crippen LogP contribution in [0.3, 0.4) is 0 Å². The largest absolute Gasteiger partial charge is 0.341 e. The number of fused-ring (bicyclic) bond motifs is 2. The highest BCUT2D eigenvalue weighted by atomic mass is 32.2.